The van der Waals surface area contributed by atoms with Crippen LogP contribution in [0.5, 0.6) is 0 Å². The maximum absolute atomic E-state index is 7.04. The Morgan fingerprint density at radius 3 is 1.91 bits per heavy atom. The first kappa shape index (κ1) is 35.8. The average molecular weight is 739 g/mol. The van der Waals surface area contributed by atoms with Crippen LogP contribution in [-0.4, -0.2) is 0 Å². The van der Waals surface area contributed by atoms with Gasteiger partial charge in [0.15, 0.2) is 5.58 Å². The van der Waals surface area contributed by atoms with E-state index in [1.54, 1.807) is 0 Å². The molecule has 10 rings (SSSR count). The van der Waals surface area contributed by atoms with Crippen LogP contribution in [0.25, 0.3) is 65.4 Å². The lowest BCUT2D eigenvalue weighted by Crippen LogP contribution is -2.19. The molecule has 1 aliphatic carbocycles. The summed E-state index contributed by atoms with van der Waals surface area (Å²) < 4.78 is 7.04. The second-order valence-electron chi connectivity index (χ2n) is 14.7. The van der Waals surface area contributed by atoms with E-state index in [0.29, 0.717) is 0 Å². The van der Waals surface area contributed by atoms with Crippen LogP contribution in [0.1, 0.15) is 39.7 Å². The molecule has 1 aromatic heterocycles. The molecule has 0 amide bonds. The van der Waals surface area contributed by atoms with Crippen molar-refractivity contribution in [2.24, 2.45) is 0 Å². The van der Waals surface area contributed by atoms with E-state index < -0.39 is 0 Å². The summed E-state index contributed by atoms with van der Waals surface area (Å²) >= 11 is 0. The summed E-state index contributed by atoms with van der Waals surface area (Å²) in [5.74, 6) is 0. The van der Waals surface area contributed by atoms with E-state index in [1.165, 1.54) is 49.0 Å². The van der Waals surface area contributed by atoms with Crippen molar-refractivity contribution in [1.82, 2.24) is 0 Å². The van der Waals surface area contributed by atoms with Gasteiger partial charge in [-0.25, -0.2) is 0 Å². The first-order valence-electron chi connectivity index (χ1n) is 20.0. The molecule has 278 valence electrons. The molecule has 0 N–H and O–H groups in total. The number of nitrogens with zero attached hydrogens (tertiary/aromatic N) is 2. The van der Waals surface area contributed by atoms with Crippen LogP contribution in [0, 0.1) is 6.92 Å². The topological polar surface area (TPSA) is 19.6 Å². The van der Waals surface area contributed by atoms with Crippen molar-refractivity contribution < 1.29 is 4.42 Å². The molecule has 0 radical (unpaired) electrons. The summed E-state index contributed by atoms with van der Waals surface area (Å²) in [7, 11) is 0. The highest BCUT2D eigenvalue weighted by atomic mass is 16.3. The van der Waals surface area contributed by atoms with Crippen molar-refractivity contribution in [3.8, 4) is 11.1 Å². The fraction of sp³-hybridized carbons (Fsp3) is 0.111. The van der Waals surface area contributed by atoms with Crippen molar-refractivity contribution in [3.05, 3.63) is 193 Å². The highest BCUT2D eigenvalue weighted by Crippen LogP contribution is 2.49. The molecule has 3 heteroatoms. The van der Waals surface area contributed by atoms with Gasteiger partial charge < -0.3 is 14.2 Å². The highest BCUT2D eigenvalue weighted by molar-refractivity contribution is 6.28. The van der Waals surface area contributed by atoms with Crippen LogP contribution >= 0.6 is 0 Å². The summed E-state index contributed by atoms with van der Waals surface area (Å²) in [5, 5.41) is 9.52. The highest BCUT2D eigenvalue weighted by Gasteiger charge is 2.24. The van der Waals surface area contributed by atoms with Crippen molar-refractivity contribution in [3.63, 3.8) is 0 Å². The van der Waals surface area contributed by atoms with Crippen molar-refractivity contribution in [1.29, 1.82) is 0 Å². The average Bonchev–Trinajstić information content (AvgIpc) is 3.50. The van der Waals surface area contributed by atoms with Crippen LogP contribution < -0.4 is 9.80 Å². The lowest BCUT2D eigenvalue weighted by Gasteiger charge is -2.29. The molecule has 0 saturated carbocycles. The first-order chi connectivity index (χ1) is 28.0. The van der Waals surface area contributed by atoms with Gasteiger partial charge in [0.25, 0.3) is 0 Å². The Labute approximate surface area is 335 Å². The van der Waals surface area contributed by atoms with Gasteiger partial charge in [-0.15, -0.1) is 0 Å². The lowest BCUT2D eigenvalue weighted by molar-refractivity contribution is 0.670. The number of allylic oxidation sites excluding steroid dienone is 6. The zero-order valence-electron chi connectivity index (χ0n) is 33.3. The van der Waals surface area contributed by atoms with Gasteiger partial charge in [0.1, 0.15) is 5.58 Å². The standard InChI is InChI=1S/C52H40N2O.C2H6/c1-33(2)53(39-18-10-8-14-34(3)32-39)46-30-26-36-25-29-45-47(31-27-37-24-28-44(46)49(36)50(37)45)54(38-16-6-5-7-17-38)48-23-13-22-43-42-21-12-20-41(51(42)55-52(43)48)40-19-11-9-15-35(40)4;1-2/h5-9,11-32H,1,10H2,2-4H3;1-2H3. The molecule has 57 heavy (non-hydrogen) atoms. The Kier molecular flexibility index (Phi) is 9.22. The van der Waals surface area contributed by atoms with Gasteiger partial charge in [0, 0.05) is 44.2 Å². The normalized spacial score (nSPS) is 12.8. The third kappa shape index (κ3) is 5.98. The number of hydrogen-bond donors (Lipinski definition) is 0. The molecule has 0 atom stereocenters. The number of furan rings is 1. The smallest absolute Gasteiger partial charge is 0.159 e. The maximum atomic E-state index is 7.04. The van der Waals surface area contributed by atoms with Crippen molar-refractivity contribution in [2.45, 2.75) is 41.0 Å². The van der Waals surface area contributed by atoms with Crippen molar-refractivity contribution >= 4 is 77.0 Å². The number of rotatable bonds is 7. The summed E-state index contributed by atoms with van der Waals surface area (Å²) in [6.07, 6.45) is 9.84. The third-order valence-corrected chi connectivity index (χ3v) is 11.2. The third-order valence-electron chi connectivity index (χ3n) is 11.2. The second-order valence-corrected chi connectivity index (χ2v) is 14.7. The molecule has 0 unspecified atom stereocenters. The molecular formula is C54H46N2O. The predicted octanol–water partition coefficient (Wildman–Crippen LogP) is 16.1. The van der Waals surface area contributed by atoms with Gasteiger partial charge in [-0.2, -0.15) is 0 Å². The quantitative estimate of drug-likeness (QED) is 0.152. The molecule has 0 saturated heterocycles. The number of para-hydroxylation sites is 3. The molecule has 1 aliphatic rings. The molecule has 3 nitrogen and oxygen atoms in total. The number of anilines is 4. The predicted molar refractivity (Wildman–Crippen MR) is 247 cm³/mol. The van der Waals surface area contributed by atoms with Crippen LogP contribution in [0.3, 0.4) is 0 Å². The van der Waals surface area contributed by atoms with E-state index in [-0.39, 0.29) is 0 Å². The zero-order chi connectivity index (χ0) is 39.2. The Bertz CT molecular complexity index is 3070. The Balaban J connectivity index is 0.00000208. The van der Waals surface area contributed by atoms with Gasteiger partial charge in [-0.05, 0) is 102 Å². The SMILES string of the molecule is C=C(C)N(C1=CCC=CC(C)=C1)c1ccc2ccc3c(N(c4ccccc4)c4cccc5c4oc4c(-c6ccccc6C)cccc45)ccc4ccc1c2c43.CC. The minimum atomic E-state index is 0.863. The molecule has 0 fully saturated rings. The van der Waals surface area contributed by atoms with E-state index in [4.69, 9.17) is 4.42 Å². The Hall–Kier alpha value is -6.84. The van der Waals surface area contributed by atoms with E-state index in [0.717, 1.165) is 68.1 Å². The fourth-order valence-electron chi connectivity index (χ4n) is 8.72. The summed E-state index contributed by atoms with van der Waals surface area (Å²) in [5.41, 5.74) is 12.9. The molecule has 9 aromatic rings. The minimum Gasteiger partial charge on any atom is -0.453 e. The van der Waals surface area contributed by atoms with Gasteiger partial charge >= 0.3 is 0 Å². The summed E-state index contributed by atoms with van der Waals surface area (Å²) in [6.45, 7) is 14.9. The zero-order valence-corrected chi connectivity index (χ0v) is 33.3. The first-order valence-corrected chi connectivity index (χ1v) is 20.0. The molecule has 8 aromatic carbocycles. The van der Waals surface area contributed by atoms with Gasteiger partial charge in [-0.1, -0.05) is 148 Å². The van der Waals surface area contributed by atoms with Crippen LogP contribution in [0.4, 0.5) is 22.7 Å². The molecule has 1 heterocycles. The fourth-order valence-corrected chi connectivity index (χ4v) is 8.72. The second kappa shape index (κ2) is 14.7. The van der Waals surface area contributed by atoms with Crippen molar-refractivity contribution in [2.75, 3.05) is 9.80 Å². The maximum Gasteiger partial charge on any atom is 0.159 e. The number of hydrogen-bond acceptors (Lipinski definition) is 3. The van der Waals surface area contributed by atoms with Gasteiger partial charge in [-0.3, -0.25) is 0 Å². The Morgan fingerprint density at radius 2 is 1.19 bits per heavy atom. The number of aryl methyl sites for hydroxylation is 1. The van der Waals surface area contributed by atoms with E-state index in [9.17, 15) is 0 Å². The summed E-state index contributed by atoms with van der Waals surface area (Å²) in [6, 6.07) is 50.4. The largest absolute Gasteiger partial charge is 0.453 e. The van der Waals surface area contributed by atoms with E-state index in [1.807, 2.05) is 13.8 Å². The minimum absolute atomic E-state index is 0.863. The molecule has 0 aliphatic heterocycles. The van der Waals surface area contributed by atoms with E-state index >= 15 is 0 Å². The molecule has 0 bridgehead atoms. The van der Waals surface area contributed by atoms with Crippen LogP contribution in [0.15, 0.2) is 192 Å². The summed E-state index contributed by atoms with van der Waals surface area (Å²) in [4.78, 5) is 4.69. The van der Waals surface area contributed by atoms with Crippen LogP contribution in [0.2, 0.25) is 0 Å². The molecule has 0 spiro atoms. The van der Waals surface area contributed by atoms with Gasteiger partial charge in [0.05, 0.1) is 17.1 Å². The van der Waals surface area contributed by atoms with Crippen LogP contribution in [-0.2, 0) is 0 Å². The van der Waals surface area contributed by atoms with Gasteiger partial charge in [0.2, 0.25) is 0 Å². The van der Waals surface area contributed by atoms with E-state index in [2.05, 4.69) is 201 Å². The number of fused-ring (bicyclic) bond motifs is 3. The monoisotopic (exact) mass is 738 g/mol. The molecular weight excluding hydrogens is 693 g/mol. The Morgan fingerprint density at radius 1 is 0.579 bits per heavy atom. The lowest BCUT2D eigenvalue weighted by atomic mass is 9.91. The number of benzene rings is 8.